The maximum atomic E-state index is 11.8. The maximum absolute atomic E-state index is 11.8. The molecule has 0 aliphatic heterocycles. The lowest BCUT2D eigenvalue weighted by Gasteiger charge is -2.29. The predicted molar refractivity (Wildman–Crippen MR) is 73.7 cm³/mol. The molecule has 0 radical (unpaired) electrons. The van der Waals surface area contributed by atoms with Gasteiger partial charge in [0.15, 0.2) is 0 Å². The summed E-state index contributed by atoms with van der Waals surface area (Å²) in [7, 11) is 0. The van der Waals surface area contributed by atoms with Gasteiger partial charge in [-0.1, -0.05) is 24.6 Å². The molecule has 0 aliphatic carbocycles. The second-order valence-corrected chi connectivity index (χ2v) is 4.83. The Morgan fingerprint density at radius 1 is 1.33 bits per heavy atom. The van der Waals surface area contributed by atoms with Crippen molar-refractivity contribution in [1.82, 2.24) is 5.32 Å². The van der Waals surface area contributed by atoms with Crippen LogP contribution in [-0.2, 0) is 0 Å². The average Bonchev–Trinajstić information content (AvgIpc) is 2.32. The first kappa shape index (κ1) is 14.5. The molecule has 0 fully saturated rings. The normalized spacial score (nSPS) is 13.8. The number of urea groups is 1. The van der Waals surface area contributed by atoms with Crippen LogP contribution in [0.15, 0.2) is 24.3 Å². The van der Waals surface area contributed by atoms with Crippen LogP contribution in [0.3, 0.4) is 0 Å². The molecule has 0 saturated carbocycles. The second kappa shape index (κ2) is 6.40. The quantitative estimate of drug-likeness (QED) is 0.752. The van der Waals surface area contributed by atoms with Crippen LogP contribution < -0.4 is 10.6 Å². The zero-order chi connectivity index (χ0) is 13.6. The Hall–Kier alpha value is -1.55. The number of hydrogen-bond donors (Lipinski definition) is 3. The molecule has 0 aliphatic rings. The zero-order valence-corrected chi connectivity index (χ0v) is 11.3. The highest BCUT2D eigenvalue weighted by atomic mass is 16.3. The van der Waals surface area contributed by atoms with Gasteiger partial charge in [0, 0.05) is 17.8 Å². The molecule has 100 valence electrons. The summed E-state index contributed by atoms with van der Waals surface area (Å²) in [4.78, 5) is 11.8. The number of nitrogens with one attached hydrogen (secondary N) is 2. The van der Waals surface area contributed by atoms with Crippen molar-refractivity contribution >= 4 is 11.7 Å². The number of benzene rings is 1. The Bertz CT molecular complexity index is 389. The van der Waals surface area contributed by atoms with Crippen LogP contribution in [0.4, 0.5) is 10.5 Å². The number of amides is 2. The van der Waals surface area contributed by atoms with E-state index in [4.69, 9.17) is 5.11 Å². The maximum Gasteiger partial charge on any atom is 0.319 e. The third-order valence-electron chi connectivity index (χ3n) is 3.17. The second-order valence-electron chi connectivity index (χ2n) is 4.83. The molecule has 1 unspecified atom stereocenters. The van der Waals surface area contributed by atoms with Crippen molar-refractivity contribution in [2.75, 3.05) is 11.9 Å². The monoisotopic (exact) mass is 250 g/mol. The van der Waals surface area contributed by atoms with Gasteiger partial charge in [0.25, 0.3) is 0 Å². The van der Waals surface area contributed by atoms with Gasteiger partial charge in [-0.15, -0.1) is 0 Å². The van der Waals surface area contributed by atoms with E-state index in [1.54, 1.807) is 0 Å². The van der Waals surface area contributed by atoms with E-state index < -0.39 is 0 Å². The molecular weight excluding hydrogens is 228 g/mol. The smallest absolute Gasteiger partial charge is 0.319 e. The molecule has 1 atom stereocenters. The Morgan fingerprint density at radius 3 is 2.44 bits per heavy atom. The fourth-order valence-corrected chi connectivity index (χ4v) is 1.65. The molecule has 1 aromatic rings. The molecule has 3 N–H and O–H groups in total. The summed E-state index contributed by atoms with van der Waals surface area (Å²) in [5, 5.41) is 14.7. The first-order chi connectivity index (χ1) is 8.49. The molecule has 0 saturated heterocycles. The van der Waals surface area contributed by atoms with Crippen LogP contribution in [0.1, 0.15) is 32.3 Å². The first-order valence-electron chi connectivity index (χ1n) is 6.26. The number of carbonyl (C=O) groups is 1. The predicted octanol–water partition coefficient (Wildman–Crippen LogP) is 2.67. The number of carbonyl (C=O) groups excluding carboxylic acids is 1. The van der Waals surface area contributed by atoms with Gasteiger partial charge in [-0.2, -0.15) is 0 Å². The van der Waals surface area contributed by atoms with Crippen LogP contribution in [-0.4, -0.2) is 23.3 Å². The van der Waals surface area contributed by atoms with Crippen LogP contribution >= 0.6 is 0 Å². The first-order valence-corrected chi connectivity index (χ1v) is 6.26. The van der Waals surface area contributed by atoms with E-state index in [0.29, 0.717) is 6.42 Å². The van der Waals surface area contributed by atoms with Crippen LogP contribution in [0, 0.1) is 6.92 Å². The van der Waals surface area contributed by atoms with Crippen LogP contribution in [0.2, 0.25) is 0 Å². The van der Waals surface area contributed by atoms with Crippen molar-refractivity contribution in [3.05, 3.63) is 29.8 Å². The standard InChI is InChI=1S/C14H22N2O2/c1-4-14(3,9-10-17)16-13(18)15-12-7-5-11(2)6-8-12/h5-8,17H,4,9-10H2,1-3H3,(H2,15,16,18). The molecule has 1 rings (SSSR count). The fourth-order valence-electron chi connectivity index (χ4n) is 1.65. The summed E-state index contributed by atoms with van der Waals surface area (Å²) in [6, 6.07) is 7.38. The lowest BCUT2D eigenvalue weighted by molar-refractivity contribution is 0.208. The van der Waals surface area contributed by atoms with Crippen molar-refractivity contribution in [3.8, 4) is 0 Å². The SMILES string of the molecule is CCC(C)(CCO)NC(=O)Nc1ccc(C)cc1. The summed E-state index contributed by atoms with van der Waals surface area (Å²) in [5.41, 5.74) is 1.55. The summed E-state index contributed by atoms with van der Waals surface area (Å²) >= 11 is 0. The number of aliphatic hydroxyl groups excluding tert-OH is 1. The minimum absolute atomic E-state index is 0.0646. The van der Waals surface area contributed by atoms with Crippen molar-refractivity contribution in [2.24, 2.45) is 0 Å². The average molecular weight is 250 g/mol. The van der Waals surface area contributed by atoms with E-state index in [0.717, 1.165) is 17.7 Å². The Morgan fingerprint density at radius 2 is 1.94 bits per heavy atom. The number of aliphatic hydroxyl groups is 1. The summed E-state index contributed by atoms with van der Waals surface area (Å²) < 4.78 is 0. The lowest BCUT2D eigenvalue weighted by atomic mass is 9.95. The molecule has 1 aromatic carbocycles. The molecule has 4 nitrogen and oxygen atoms in total. The Labute approximate surface area is 108 Å². The van der Waals surface area contributed by atoms with Gasteiger partial charge in [0.05, 0.1) is 0 Å². The zero-order valence-electron chi connectivity index (χ0n) is 11.3. The molecule has 18 heavy (non-hydrogen) atoms. The van der Waals surface area contributed by atoms with E-state index in [-0.39, 0.29) is 18.2 Å². The highest BCUT2D eigenvalue weighted by Gasteiger charge is 2.23. The van der Waals surface area contributed by atoms with Gasteiger partial charge in [-0.25, -0.2) is 4.79 Å². The topological polar surface area (TPSA) is 61.4 Å². The van der Waals surface area contributed by atoms with Gasteiger partial charge < -0.3 is 15.7 Å². The Kier molecular flexibility index (Phi) is 5.16. The van der Waals surface area contributed by atoms with Crippen molar-refractivity contribution < 1.29 is 9.90 Å². The number of aryl methyl sites for hydroxylation is 1. The van der Waals surface area contributed by atoms with Gasteiger partial charge in [0.1, 0.15) is 0 Å². The van der Waals surface area contributed by atoms with E-state index in [9.17, 15) is 4.79 Å². The summed E-state index contributed by atoms with van der Waals surface area (Å²) in [6.45, 7) is 5.98. The minimum Gasteiger partial charge on any atom is -0.396 e. The van der Waals surface area contributed by atoms with E-state index in [1.165, 1.54) is 0 Å². The largest absolute Gasteiger partial charge is 0.396 e. The number of anilines is 1. The molecule has 0 aromatic heterocycles. The van der Waals surface area contributed by atoms with Gasteiger partial charge in [0.2, 0.25) is 0 Å². The van der Waals surface area contributed by atoms with Crippen molar-refractivity contribution in [2.45, 2.75) is 39.2 Å². The van der Waals surface area contributed by atoms with Gasteiger partial charge in [-0.05, 0) is 38.8 Å². The van der Waals surface area contributed by atoms with Crippen LogP contribution in [0.5, 0.6) is 0 Å². The van der Waals surface area contributed by atoms with E-state index in [1.807, 2.05) is 45.0 Å². The van der Waals surface area contributed by atoms with E-state index in [2.05, 4.69) is 10.6 Å². The van der Waals surface area contributed by atoms with E-state index >= 15 is 0 Å². The van der Waals surface area contributed by atoms with Gasteiger partial charge >= 0.3 is 6.03 Å². The minimum atomic E-state index is -0.371. The Balaban J connectivity index is 2.58. The summed E-state index contributed by atoms with van der Waals surface area (Å²) in [6.07, 6.45) is 1.32. The van der Waals surface area contributed by atoms with Gasteiger partial charge in [-0.3, -0.25) is 0 Å². The van der Waals surface area contributed by atoms with Crippen molar-refractivity contribution in [3.63, 3.8) is 0 Å². The fraction of sp³-hybridized carbons (Fsp3) is 0.500. The molecular formula is C14H22N2O2. The molecule has 0 spiro atoms. The highest BCUT2D eigenvalue weighted by molar-refractivity contribution is 5.89. The molecule has 0 bridgehead atoms. The number of rotatable bonds is 5. The summed E-state index contributed by atoms with van der Waals surface area (Å²) in [5.74, 6) is 0. The third kappa shape index (κ3) is 4.37. The number of hydrogen-bond acceptors (Lipinski definition) is 2. The molecule has 4 heteroatoms. The molecule has 0 heterocycles. The molecule has 2 amide bonds. The van der Waals surface area contributed by atoms with Crippen LogP contribution in [0.25, 0.3) is 0 Å². The van der Waals surface area contributed by atoms with Crippen molar-refractivity contribution in [1.29, 1.82) is 0 Å². The lowest BCUT2D eigenvalue weighted by Crippen LogP contribution is -2.48. The third-order valence-corrected chi connectivity index (χ3v) is 3.17. The highest BCUT2D eigenvalue weighted by Crippen LogP contribution is 2.14.